The number of nitrogens with zero attached hydrogens (tertiary/aromatic N) is 3. The number of amides is 1. The van der Waals surface area contributed by atoms with Crippen LogP contribution in [0.15, 0.2) is 54.6 Å². The molecular formula is C16H15N5O. The summed E-state index contributed by atoms with van der Waals surface area (Å²) < 4.78 is 1.61. The summed E-state index contributed by atoms with van der Waals surface area (Å²) in [6, 6.07) is 17.1. The summed E-state index contributed by atoms with van der Waals surface area (Å²) in [7, 11) is 0. The molecule has 3 aromatic rings. The smallest absolute Gasteiger partial charge is 0.288 e. The predicted molar refractivity (Wildman–Crippen MR) is 83.2 cm³/mol. The lowest BCUT2D eigenvalue weighted by Crippen LogP contribution is -2.13. The van der Waals surface area contributed by atoms with E-state index in [-0.39, 0.29) is 5.82 Å². The molecule has 6 nitrogen and oxygen atoms in total. The molecule has 0 spiro atoms. The van der Waals surface area contributed by atoms with E-state index in [1.807, 2.05) is 54.6 Å². The van der Waals surface area contributed by atoms with Crippen LogP contribution in [0.1, 0.15) is 16.2 Å². The van der Waals surface area contributed by atoms with Gasteiger partial charge in [-0.25, -0.2) is 9.67 Å². The van der Waals surface area contributed by atoms with Crippen LogP contribution in [0, 0.1) is 0 Å². The van der Waals surface area contributed by atoms with E-state index in [1.165, 1.54) is 0 Å². The van der Waals surface area contributed by atoms with Gasteiger partial charge in [0.2, 0.25) is 5.82 Å². The summed E-state index contributed by atoms with van der Waals surface area (Å²) in [4.78, 5) is 15.7. The van der Waals surface area contributed by atoms with Crippen molar-refractivity contribution < 1.29 is 4.79 Å². The largest absolute Gasteiger partial charge is 0.363 e. The molecular weight excluding hydrogens is 278 g/mol. The number of rotatable bonds is 4. The predicted octanol–water partition coefficient (Wildman–Crippen LogP) is 1.49. The molecule has 0 radical (unpaired) electrons. The molecule has 1 amide bonds. The normalized spacial score (nSPS) is 10.6. The third-order valence-corrected chi connectivity index (χ3v) is 3.25. The van der Waals surface area contributed by atoms with Crippen molar-refractivity contribution in [1.29, 1.82) is 0 Å². The van der Waals surface area contributed by atoms with Crippen molar-refractivity contribution in [3.05, 3.63) is 66.0 Å². The summed E-state index contributed by atoms with van der Waals surface area (Å²) in [5.41, 5.74) is 13.6. The topological polar surface area (TPSA) is 99.8 Å². The molecule has 0 aliphatic heterocycles. The van der Waals surface area contributed by atoms with Crippen molar-refractivity contribution in [2.24, 2.45) is 11.5 Å². The van der Waals surface area contributed by atoms with Crippen molar-refractivity contribution in [2.75, 3.05) is 0 Å². The lowest BCUT2D eigenvalue weighted by Gasteiger charge is -2.07. The van der Waals surface area contributed by atoms with Crippen LogP contribution in [0.4, 0.5) is 0 Å². The van der Waals surface area contributed by atoms with Gasteiger partial charge >= 0.3 is 0 Å². The lowest BCUT2D eigenvalue weighted by molar-refractivity contribution is 0.0990. The average molecular weight is 293 g/mol. The van der Waals surface area contributed by atoms with Gasteiger partial charge in [0.25, 0.3) is 5.91 Å². The SMILES string of the molecule is NCc1cccc(-n2nc(C(N)=O)nc2-c2ccccc2)c1. The Labute approximate surface area is 127 Å². The molecule has 0 saturated heterocycles. The van der Waals surface area contributed by atoms with Crippen molar-refractivity contribution in [3.8, 4) is 17.1 Å². The monoisotopic (exact) mass is 293 g/mol. The molecule has 0 saturated carbocycles. The number of hydrogen-bond donors (Lipinski definition) is 2. The number of hydrogen-bond acceptors (Lipinski definition) is 4. The van der Waals surface area contributed by atoms with Crippen LogP contribution in [-0.4, -0.2) is 20.7 Å². The van der Waals surface area contributed by atoms with Crippen molar-refractivity contribution in [3.63, 3.8) is 0 Å². The van der Waals surface area contributed by atoms with Gasteiger partial charge < -0.3 is 11.5 Å². The lowest BCUT2D eigenvalue weighted by atomic mass is 10.2. The fraction of sp³-hybridized carbons (Fsp3) is 0.0625. The van der Waals surface area contributed by atoms with Crippen LogP contribution in [0.5, 0.6) is 0 Å². The van der Waals surface area contributed by atoms with E-state index >= 15 is 0 Å². The Bertz CT molecular complexity index is 810. The van der Waals surface area contributed by atoms with Crippen molar-refractivity contribution in [1.82, 2.24) is 14.8 Å². The van der Waals surface area contributed by atoms with Gasteiger partial charge in [0.1, 0.15) is 0 Å². The molecule has 0 fully saturated rings. The number of primary amides is 1. The van der Waals surface area contributed by atoms with E-state index < -0.39 is 5.91 Å². The highest BCUT2D eigenvalue weighted by Gasteiger charge is 2.16. The molecule has 1 aromatic heterocycles. The van der Waals surface area contributed by atoms with Crippen LogP contribution >= 0.6 is 0 Å². The summed E-state index contributed by atoms with van der Waals surface area (Å²) in [6.07, 6.45) is 0. The Morgan fingerprint density at radius 2 is 1.86 bits per heavy atom. The molecule has 4 N–H and O–H groups in total. The molecule has 0 unspecified atom stereocenters. The number of nitrogens with two attached hydrogens (primary N) is 2. The maximum atomic E-state index is 11.4. The molecule has 0 aliphatic rings. The highest BCUT2D eigenvalue weighted by molar-refractivity contribution is 5.89. The second-order valence-electron chi connectivity index (χ2n) is 4.78. The van der Waals surface area contributed by atoms with Gasteiger partial charge in [-0.15, -0.1) is 5.10 Å². The first-order valence-electron chi connectivity index (χ1n) is 6.80. The Kier molecular flexibility index (Phi) is 3.67. The van der Waals surface area contributed by atoms with Gasteiger partial charge in [-0.05, 0) is 17.7 Å². The Balaban J connectivity index is 2.19. The standard InChI is InChI=1S/C16H15N5O/c17-10-11-5-4-8-13(9-11)21-16(12-6-2-1-3-7-12)19-15(20-21)14(18)22/h1-9H,10,17H2,(H2,18,22). The van der Waals surface area contributed by atoms with Gasteiger partial charge in [-0.1, -0.05) is 42.5 Å². The molecule has 22 heavy (non-hydrogen) atoms. The molecule has 1 heterocycles. The van der Waals surface area contributed by atoms with Crippen molar-refractivity contribution >= 4 is 5.91 Å². The first kappa shape index (κ1) is 14.0. The zero-order chi connectivity index (χ0) is 15.5. The van der Waals surface area contributed by atoms with E-state index in [0.29, 0.717) is 12.4 Å². The minimum atomic E-state index is -0.661. The van der Waals surface area contributed by atoms with Crippen LogP contribution in [-0.2, 0) is 6.54 Å². The van der Waals surface area contributed by atoms with E-state index in [4.69, 9.17) is 11.5 Å². The van der Waals surface area contributed by atoms with E-state index in [2.05, 4.69) is 10.1 Å². The van der Waals surface area contributed by atoms with Crippen LogP contribution < -0.4 is 11.5 Å². The Morgan fingerprint density at radius 1 is 1.09 bits per heavy atom. The minimum Gasteiger partial charge on any atom is -0.363 e. The minimum absolute atomic E-state index is 0.0167. The number of benzene rings is 2. The highest BCUT2D eigenvalue weighted by Crippen LogP contribution is 2.21. The zero-order valence-electron chi connectivity index (χ0n) is 11.8. The van der Waals surface area contributed by atoms with Gasteiger partial charge in [0.15, 0.2) is 5.82 Å². The third kappa shape index (κ3) is 2.59. The van der Waals surface area contributed by atoms with Gasteiger partial charge in [-0.2, -0.15) is 0 Å². The third-order valence-electron chi connectivity index (χ3n) is 3.25. The van der Waals surface area contributed by atoms with Crippen LogP contribution in [0.2, 0.25) is 0 Å². The maximum absolute atomic E-state index is 11.4. The number of carbonyl (C=O) groups is 1. The van der Waals surface area contributed by atoms with E-state index in [1.54, 1.807) is 4.68 Å². The van der Waals surface area contributed by atoms with Crippen LogP contribution in [0.25, 0.3) is 17.1 Å². The Hall–Kier alpha value is -2.99. The molecule has 110 valence electrons. The summed E-state index contributed by atoms with van der Waals surface area (Å²) in [6.45, 7) is 0.423. The van der Waals surface area contributed by atoms with Crippen LogP contribution in [0.3, 0.4) is 0 Å². The summed E-state index contributed by atoms with van der Waals surface area (Å²) >= 11 is 0. The van der Waals surface area contributed by atoms with Crippen molar-refractivity contribution in [2.45, 2.75) is 6.54 Å². The Morgan fingerprint density at radius 3 is 2.55 bits per heavy atom. The summed E-state index contributed by atoms with van der Waals surface area (Å²) in [5.74, 6) is -0.119. The maximum Gasteiger partial charge on any atom is 0.288 e. The van der Waals surface area contributed by atoms with Gasteiger partial charge in [0.05, 0.1) is 5.69 Å². The van der Waals surface area contributed by atoms with E-state index in [0.717, 1.165) is 16.8 Å². The average Bonchev–Trinajstić information content (AvgIpc) is 3.01. The fourth-order valence-electron chi connectivity index (χ4n) is 2.19. The fourth-order valence-corrected chi connectivity index (χ4v) is 2.19. The van der Waals surface area contributed by atoms with Gasteiger partial charge in [-0.3, -0.25) is 4.79 Å². The molecule has 2 aromatic carbocycles. The quantitative estimate of drug-likeness (QED) is 0.761. The number of aromatic nitrogens is 3. The molecule has 6 heteroatoms. The second kappa shape index (κ2) is 5.79. The first-order chi connectivity index (χ1) is 10.7. The molecule has 3 rings (SSSR count). The zero-order valence-corrected chi connectivity index (χ0v) is 11.8. The molecule has 0 aliphatic carbocycles. The summed E-state index contributed by atoms with van der Waals surface area (Å²) in [5, 5.41) is 4.22. The van der Waals surface area contributed by atoms with Gasteiger partial charge in [0, 0.05) is 12.1 Å². The first-order valence-corrected chi connectivity index (χ1v) is 6.80. The number of carbonyl (C=O) groups excluding carboxylic acids is 1. The second-order valence-corrected chi connectivity index (χ2v) is 4.78. The van der Waals surface area contributed by atoms with E-state index in [9.17, 15) is 4.79 Å². The highest BCUT2D eigenvalue weighted by atomic mass is 16.1. The molecule has 0 atom stereocenters. The molecule has 0 bridgehead atoms.